The zero-order valence-corrected chi connectivity index (χ0v) is 14.9. The van der Waals surface area contributed by atoms with Gasteiger partial charge in [0.2, 0.25) is 15.0 Å². The summed E-state index contributed by atoms with van der Waals surface area (Å²) >= 11 is 0. The lowest BCUT2D eigenvalue weighted by atomic mass is 10.0. The van der Waals surface area contributed by atoms with Gasteiger partial charge in [-0.25, -0.2) is 13.4 Å². The summed E-state index contributed by atoms with van der Waals surface area (Å²) in [5.41, 5.74) is 4.51. The molecule has 2 aromatic rings. The molecule has 1 aliphatic heterocycles. The standard InChI is InChI=1S/C17H21N3O3S/c1-11-4-5-13(12(2)8-11)9-20-7-6-15-14(10-20)16(21)19-17(18-15)24(3,22)23/h4-5,8H,6-7,9-10H2,1-3H3,(H,18,19,21). The predicted octanol–water partition coefficient (Wildman–Crippen LogP) is 1.35. The molecule has 0 saturated carbocycles. The molecule has 0 unspecified atom stereocenters. The fourth-order valence-electron chi connectivity index (χ4n) is 3.03. The molecule has 0 bridgehead atoms. The predicted molar refractivity (Wildman–Crippen MR) is 91.7 cm³/mol. The first-order valence-corrected chi connectivity index (χ1v) is 9.74. The minimum absolute atomic E-state index is 0.242. The highest BCUT2D eigenvalue weighted by atomic mass is 32.2. The van der Waals surface area contributed by atoms with E-state index in [1.807, 2.05) is 0 Å². The first kappa shape index (κ1) is 16.9. The zero-order chi connectivity index (χ0) is 17.5. The van der Waals surface area contributed by atoms with Gasteiger partial charge in [-0.2, -0.15) is 0 Å². The molecule has 24 heavy (non-hydrogen) atoms. The molecule has 0 saturated heterocycles. The fraction of sp³-hybridized carbons (Fsp3) is 0.412. The Morgan fingerprint density at radius 3 is 2.71 bits per heavy atom. The molecule has 0 amide bonds. The van der Waals surface area contributed by atoms with Crippen molar-refractivity contribution in [3.63, 3.8) is 0 Å². The van der Waals surface area contributed by atoms with Crippen molar-refractivity contribution in [1.29, 1.82) is 0 Å². The maximum Gasteiger partial charge on any atom is 0.256 e. The van der Waals surface area contributed by atoms with E-state index in [9.17, 15) is 13.2 Å². The molecule has 6 nitrogen and oxygen atoms in total. The van der Waals surface area contributed by atoms with Gasteiger partial charge in [-0.05, 0) is 25.0 Å². The minimum Gasteiger partial charge on any atom is -0.297 e. The Morgan fingerprint density at radius 1 is 1.29 bits per heavy atom. The molecule has 0 atom stereocenters. The monoisotopic (exact) mass is 347 g/mol. The van der Waals surface area contributed by atoms with E-state index < -0.39 is 9.84 Å². The van der Waals surface area contributed by atoms with Gasteiger partial charge in [0, 0.05) is 32.3 Å². The number of benzene rings is 1. The van der Waals surface area contributed by atoms with E-state index in [-0.39, 0.29) is 10.7 Å². The highest BCUT2D eigenvalue weighted by Crippen LogP contribution is 2.19. The molecule has 1 aromatic carbocycles. The second-order valence-corrected chi connectivity index (χ2v) is 8.39. The van der Waals surface area contributed by atoms with Crippen LogP contribution in [-0.4, -0.2) is 36.1 Å². The molecule has 0 fully saturated rings. The number of nitrogens with one attached hydrogen (secondary N) is 1. The number of fused-ring (bicyclic) bond motifs is 1. The van der Waals surface area contributed by atoms with Crippen molar-refractivity contribution in [3.8, 4) is 0 Å². The summed E-state index contributed by atoms with van der Waals surface area (Å²) in [4.78, 5) is 21.0. The summed E-state index contributed by atoms with van der Waals surface area (Å²) in [5, 5.41) is -0.242. The lowest BCUT2D eigenvalue weighted by molar-refractivity contribution is 0.240. The molecule has 1 aliphatic rings. The third-order valence-corrected chi connectivity index (χ3v) is 5.27. The first-order chi connectivity index (χ1) is 11.2. The lowest BCUT2D eigenvalue weighted by Crippen LogP contribution is -2.36. The molecule has 1 aromatic heterocycles. The second kappa shape index (κ2) is 6.14. The lowest BCUT2D eigenvalue weighted by Gasteiger charge is -2.28. The number of sulfone groups is 1. The summed E-state index contributed by atoms with van der Waals surface area (Å²) in [6.45, 7) is 6.15. The maximum atomic E-state index is 12.3. The number of nitrogens with zero attached hydrogens (tertiary/aromatic N) is 2. The van der Waals surface area contributed by atoms with E-state index in [0.717, 1.165) is 19.3 Å². The van der Waals surface area contributed by atoms with E-state index in [1.165, 1.54) is 16.7 Å². The molecule has 2 heterocycles. The largest absolute Gasteiger partial charge is 0.297 e. The second-order valence-electron chi connectivity index (χ2n) is 6.46. The van der Waals surface area contributed by atoms with Crippen LogP contribution in [0.5, 0.6) is 0 Å². The Hall–Kier alpha value is -1.99. The molecule has 1 N–H and O–H groups in total. The van der Waals surface area contributed by atoms with E-state index >= 15 is 0 Å². The number of hydrogen-bond donors (Lipinski definition) is 1. The average Bonchev–Trinajstić information content (AvgIpc) is 2.49. The number of aromatic nitrogens is 2. The summed E-state index contributed by atoms with van der Waals surface area (Å²) in [7, 11) is -3.51. The van der Waals surface area contributed by atoms with Crippen LogP contribution in [0.3, 0.4) is 0 Å². The van der Waals surface area contributed by atoms with Gasteiger partial charge in [0.05, 0.1) is 11.3 Å². The van der Waals surface area contributed by atoms with Gasteiger partial charge in [0.1, 0.15) is 0 Å². The topological polar surface area (TPSA) is 83.1 Å². The molecule has 0 aliphatic carbocycles. The number of hydrogen-bond acceptors (Lipinski definition) is 5. The first-order valence-electron chi connectivity index (χ1n) is 7.84. The van der Waals surface area contributed by atoms with Gasteiger partial charge in [0.25, 0.3) is 5.56 Å². The van der Waals surface area contributed by atoms with E-state index in [1.54, 1.807) is 0 Å². The Morgan fingerprint density at radius 2 is 2.04 bits per heavy atom. The van der Waals surface area contributed by atoms with Crippen molar-refractivity contribution < 1.29 is 8.42 Å². The van der Waals surface area contributed by atoms with Gasteiger partial charge in [-0.1, -0.05) is 23.8 Å². The summed E-state index contributed by atoms with van der Waals surface area (Å²) < 4.78 is 23.2. The van der Waals surface area contributed by atoms with Gasteiger partial charge >= 0.3 is 0 Å². The fourth-order valence-corrected chi connectivity index (χ4v) is 3.59. The van der Waals surface area contributed by atoms with Crippen LogP contribution in [0.4, 0.5) is 0 Å². The Labute approximate surface area is 141 Å². The molecule has 0 radical (unpaired) electrons. The van der Waals surface area contributed by atoms with Crippen molar-refractivity contribution in [3.05, 3.63) is 56.5 Å². The Bertz CT molecular complexity index is 948. The molecule has 3 rings (SSSR count). The maximum absolute atomic E-state index is 12.3. The van der Waals surface area contributed by atoms with Crippen molar-refractivity contribution in [2.75, 3.05) is 12.8 Å². The van der Waals surface area contributed by atoms with E-state index in [2.05, 4.69) is 46.9 Å². The summed E-state index contributed by atoms with van der Waals surface area (Å²) in [6.07, 6.45) is 1.62. The third-order valence-electron chi connectivity index (χ3n) is 4.37. The molecule has 0 spiro atoms. The van der Waals surface area contributed by atoms with Gasteiger partial charge < -0.3 is 0 Å². The summed E-state index contributed by atoms with van der Waals surface area (Å²) in [6, 6.07) is 6.36. The van der Waals surface area contributed by atoms with Crippen molar-refractivity contribution in [2.24, 2.45) is 0 Å². The minimum atomic E-state index is -3.51. The quantitative estimate of drug-likeness (QED) is 0.848. The van der Waals surface area contributed by atoms with E-state index in [4.69, 9.17) is 0 Å². The highest BCUT2D eigenvalue weighted by molar-refractivity contribution is 7.90. The van der Waals surface area contributed by atoms with E-state index in [0.29, 0.717) is 24.2 Å². The van der Waals surface area contributed by atoms with Gasteiger partial charge in [-0.3, -0.25) is 14.7 Å². The smallest absolute Gasteiger partial charge is 0.256 e. The highest BCUT2D eigenvalue weighted by Gasteiger charge is 2.23. The Balaban J connectivity index is 1.86. The SMILES string of the molecule is Cc1ccc(CN2CCc3nc(S(C)(=O)=O)[nH]c(=O)c3C2)c(C)c1. The van der Waals surface area contributed by atoms with Crippen LogP contribution in [0.15, 0.2) is 28.2 Å². The van der Waals surface area contributed by atoms with Crippen LogP contribution in [0.25, 0.3) is 0 Å². The van der Waals surface area contributed by atoms with Crippen molar-refractivity contribution in [1.82, 2.24) is 14.9 Å². The van der Waals surface area contributed by atoms with Crippen LogP contribution in [-0.2, 0) is 29.3 Å². The van der Waals surface area contributed by atoms with Gasteiger partial charge in [-0.15, -0.1) is 0 Å². The van der Waals surface area contributed by atoms with Gasteiger partial charge in [0.15, 0.2) is 0 Å². The average molecular weight is 347 g/mol. The molecular weight excluding hydrogens is 326 g/mol. The van der Waals surface area contributed by atoms with Crippen molar-refractivity contribution >= 4 is 9.84 Å². The van der Waals surface area contributed by atoms with Crippen LogP contribution in [0.2, 0.25) is 0 Å². The number of H-pyrrole nitrogens is 1. The zero-order valence-electron chi connectivity index (χ0n) is 14.1. The van der Waals surface area contributed by atoms with Crippen LogP contribution in [0.1, 0.15) is 27.9 Å². The van der Waals surface area contributed by atoms with Crippen LogP contribution in [0, 0.1) is 13.8 Å². The number of aryl methyl sites for hydroxylation is 2. The van der Waals surface area contributed by atoms with Crippen molar-refractivity contribution in [2.45, 2.75) is 38.5 Å². The number of aromatic amines is 1. The third kappa shape index (κ3) is 3.42. The molecular formula is C17H21N3O3S. The normalized spacial score (nSPS) is 15.3. The molecule has 128 valence electrons. The summed E-state index contributed by atoms with van der Waals surface area (Å²) in [5.74, 6) is 0. The Kier molecular flexibility index (Phi) is 4.31. The number of rotatable bonds is 3. The van der Waals surface area contributed by atoms with Crippen LogP contribution >= 0.6 is 0 Å². The molecule has 7 heteroatoms. The van der Waals surface area contributed by atoms with Crippen LogP contribution < -0.4 is 5.56 Å².